The summed E-state index contributed by atoms with van der Waals surface area (Å²) in [5.74, 6) is -4.72. The lowest BCUT2D eigenvalue weighted by Crippen LogP contribution is -2.50. The number of rotatable bonds is 9. The van der Waals surface area contributed by atoms with Gasteiger partial charge >= 0.3 is 0 Å². The Bertz CT molecular complexity index is 549. The quantitative estimate of drug-likeness (QED) is 0.555. The van der Waals surface area contributed by atoms with Gasteiger partial charge in [0.25, 0.3) is 0 Å². The molecular weight excluding hydrogens is 324 g/mol. The first kappa shape index (κ1) is 19.3. The smallest absolute Gasteiger partial charge is 0.137 e. The van der Waals surface area contributed by atoms with Gasteiger partial charge in [-0.05, 0) is 31.3 Å². The number of hydrogen-bond donors (Lipinski definition) is 0. The first-order valence-electron chi connectivity index (χ1n) is 8.95. The van der Waals surface area contributed by atoms with Gasteiger partial charge in [0.15, 0.2) is 0 Å². The maximum absolute atomic E-state index is 12.5. The summed E-state index contributed by atoms with van der Waals surface area (Å²) in [6.07, 6.45) is 5.07. The van der Waals surface area contributed by atoms with Crippen molar-refractivity contribution in [1.29, 1.82) is 0 Å². The standard InChI is InChI=1S/C19H26O6/c1-12(17(22)23)19(18(24)25,10-15(20)13-6-2-3-7-13)11-16(21)14-8-4-5-9-14/h13-14H,1-11H2,(H,22,23)(H,24,25)/p-2. The molecule has 2 rings (SSSR count). The fraction of sp³-hybridized carbons (Fsp3) is 0.684. The summed E-state index contributed by atoms with van der Waals surface area (Å²) >= 11 is 0. The molecule has 2 aliphatic carbocycles. The van der Waals surface area contributed by atoms with Crippen LogP contribution in [0.25, 0.3) is 0 Å². The molecule has 6 nitrogen and oxygen atoms in total. The van der Waals surface area contributed by atoms with Gasteiger partial charge in [0, 0.05) is 30.1 Å². The molecule has 2 saturated carbocycles. The van der Waals surface area contributed by atoms with Crippen molar-refractivity contribution in [3.63, 3.8) is 0 Å². The average Bonchev–Trinajstić information content (AvgIpc) is 3.25. The minimum Gasteiger partial charge on any atom is -0.549 e. The number of carboxylic acids is 2. The highest BCUT2D eigenvalue weighted by Gasteiger charge is 2.43. The van der Waals surface area contributed by atoms with Crippen molar-refractivity contribution in [2.45, 2.75) is 64.2 Å². The minimum absolute atomic E-state index is 0.283. The van der Waals surface area contributed by atoms with Crippen molar-refractivity contribution < 1.29 is 29.4 Å². The summed E-state index contributed by atoms with van der Waals surface area (Å²) in [5, 5.41) is 23.2. The van der Waals surface area contributed by atoms with Crippen molar-refractivity contribution >= 4 is 23.5 Å². The number of carboxylic acid groups (broad SMARTS) is 2. The number of aliphatic carboxylic acids is 2. The molecule has 0 N–H and O–H groups in total. The van der Waals surface area contributed by atoms with E-state index in [0.29, 0.717) is 25.7 Å². The van der Waals surface area contributed by atoms with Gasteiger partial charge in [-0.1, -0.05) is 32.3 Å². The summed E-state index contributed by atoms with van der Waals surface area (Å²) in [4.78, 5) is 48.3. The number of Topliss-reactive ketones (excluding diaryl/α,β-unsaturated/α-hetero) is 2. The van der Waals surface area contributed by atoms with Crippen LogP contribution in [-0.4, -0.2) is 23.5 Å². The van der Waals surface area contributed by atoms with Crippen LogP contribution >= 0.6 is 0 Å². The molecule has 25 heavy (non-hydrogen) atoms. The van der Waals surface area contributed by atoms with Crippen LogP contribution in [-0.2, 0) is 19.2 Å². The van der Waals surface area contributed by atoms with Gasteiger partial charge in [0.05, 0.1) is 11.9 Å². The Morgan fingerprint density at radius 1 is 0.800 bits per heavy atom. The molecule has 138 valence electrons. The Kier molecular flexibility index (Phi) is 6.14. The highest BCUT2D eigenvalue weighted by molar-refractivity contribution is 6.01. The van der Waals surface area contributed by atoms with Crippen LogP contribution in [0.5, 0.6) is 0 Å². The van der Waals surface area contributed by atoms with Crippen molar-refractivity contribution in [2.24, 2.45) is 17.3 Å². The zero-order chi connectivity index (χ0) is 18.6. The number of ketones is 2. The number of carbonyl (C=O) groups excluding carboxylic acids is 4. The van der Waals surface area contributed by atoms with E-state index in [1.54, 1.807) is 0 Å². The average molecular weight is 348 g/mol. The largest absolute Gasteiger partial charge is 0.549 e. The van der Waals surface area contributed by atoms with Gasteiger partial charge in [-0.2, -0.15) is 0 Å². The highest BCUT2D eigenvalue weighted by Crippen LogP contribution is 2.40. The van der Waals surface area contributed by atoms with Crippen LogP contribution in [0.2, 0.25) is 0 Å². The Balaban J connectivity index is 2.28. The third kappa shape index (κ3) is 4.17. The molecule has 0 radical (unpaired) electrons. The number of hydrogen-bond acceptors (Lipinski definition) is 6. The molecule has 0 amide bonds. The minimum atomic E-state index is -2.21. The molecule has 0 aliphatic heterocycles. The van der Waals surface area contributed by atoms with Gasteiger partial charge in [-0.3, -0.25) is 9.59 Å². The first-order valence-corrected chi connectivity index (χ1v) is 8.95. The summed E-state index contributed by atoms with van der Waals surface area (Å²) in [6.45, 7) is 3.32. The summed E-state index contributed by atoms with van der Waals surface area (Å²) in [7, 11) is 0. The van der Waals surface area contributed by atoms with Crippen LogP contribution < -0.4 is 10.2 Å². The third-order valence-electron chi connectivity index (χ3n) is 5.79. The predicted molar refractivity (Wildman–Crippen MR) is 84.8 cm³/mol. The molecule has 0 aromatic carbocycles. The Labute approximate surface area is 147 Å². The van der Waals surface area contributed by atoms with Crippen molar-refractivity contribution in [3.05, 3.63) is 12.2 Å². The van der Waals surface area contributed by atoms with Crippen LogP contribution in [0.4, 0.5) is 0 Å². The van der Waals surface area contributed by atoms with E-state index in [1.807, 2.05) is 0 Å². The van der Waals surface area contributed by atoms with E-state index in [9.17, 15) is 29.4 Å². The van der Waals surface area contributed by atoms with Crippen LogP contribution in [0.3, 0.4) is 0 Å². The molecule has 2 fully saturated rings. The summed E-state index contributed by atoms with van der Waals surface area (Å²) in [5.41, 5.74) is -2.96. The van der Waals surface area contributed by atoms with Crippen LogP contribution in [0, 0.1) is 17.3 Å². The molecule has 0 unspecified atom stereocenters. The third-order valence-corrected chi connectivity index (χ3v) is 5.79. The Morgan fingerprint density at radius 2 is 1.16 bits per heavy atom. The first-order chi connectivity index (χ1) is 11.8. The molecule has 2 aliphatic rings. The predicted octanol–water partition coefficient (Wildman–Crippen LogP) is 0.328. The normalized spacial score (nSPS) is 19.0. The summed E-state index contributed by atoms with van der Waals surface area (Å²) in [6, 6.07) is 0. The van der Waals surface area contributed by atoms with E-state index in [2.05, 4.69) is 6.58 Å². The lowest BCUT2D eigenvalue weighted by molar-refractivity contribution is -0.322. The second-order valence-electron chi connectivity index (χ2n) is 7.38. The lowest BCUT2D eigenvalue weighted by Gasteiger charge is -2.37. The van der Waals surface area contributed by atoms with E-state index in [-0.39, 0.29) is 23.4 Å². The van der Waals surface area contributed by atoms with Gasteiger partial charge in [0.2, 0.25) is 0 Å². The molecule has 0 heterocycles. The molecule has 0 aromatic rings. The van der Waals surface area contributed by atoms with E-state index in [4.69, 9.17) is 0 Å². The second-order valence-corrected chi connectivity index (χ2v) is 7.38. The maximum atomic E-state index is 12.5. The van der Waals surface area contributed by atoms with Crippen molar-refractivity contribution in [3.8, 4) is 0 Å². The van der Waals surface area contributed by atoms with Crippen molar-refractivity contribution in [1.82, 2.24) is 0 Å². The van der Waals surface area contributed by atoms with Gasteiger partial charge in [0.1, 0.15) is 11.6 Å². The Hall–Kier alpha value is -1.98. The van der Waals surface area contributed by atoms with Gasteiger partial charge in [-0.15, -0.1) is 0 Å². The highest BCUT2D eigenvalue weighted by atomic mass is 16.4. The van der Waals surface area contributed by atoms with Gasteiger partial charge in [-0.25, -0.2) is 0 Å². The summed E-state index contributed by atoms with van der Waals surface area (Å²) < 4.78 is 0. The molecule has 0 spiro atoms. The van der Waals surface area contributed by atoms with Crippen LogP contribution in [0.1, 0.15) is 64.2 Å². The van der Waals surface area contributed by atoms with E-state index in [1.165, 1.54) is 0 Å². The monoisotopic (exact) mass is 348 g/mol. The lowest BCUT2D eigenvalue weighted by atomic mass is 9.70. The van der Waals surface area contributed by atoms with E-state index in [0.717, 1.165) is 25.7 Å². The molecule has 6 heteroatoms. The molecular formula is C19H24O6-2. The van der Waals surface area contributed by atoms with Crippen molar-refractivity contribution in [2.75, 3.05) is 0 Å². The molecule has 0 aromatic heterocycles. The SMILES string of the molecule is C=C(C(=O)[O-])C(CC(=O)C1CCCC1)(CC(=O)C1CCCC1)C(=O)[O-]. The zero-order valence-electron chi connectivity index (χ0n) is 14.4. The van der Waals surface area contributed by atoms with E-state index >= 15 is 0 Å². The molecule has 0 atom stereocenters. The zero-order valence-corrected chi connectivity index (χ0v) is 14.4. The van der Waals surface area contributed by atoms with Gasteiger partial charge < -0.3 is 19.8 Å². The molecule has 0 bridgehead atoms. The van der Waals surface area contributed by atoms with E-state index < -0.39 is 35.8 Å². The fourth-order valence-electron chi connectivity index (χ4n) is 4.12. The fourth-order valence-corrected chi connectivity index (χ4v) is 4.12. The number of carbonyl (C=O) groups is 4. The maximum Gasteiger partial charge on any atom is 0.137 e. The Morgan fingerprint density at radius 3 is 1.44 bits per heavy atom. The second kappa shape index (κ2) is 7.93. The molecule has 0 saturated heterocycles. The van der Waals surface area contributed by atoms with Crippen LogP contribution in [0.15, 0.2) is 12.2 Å². The topological polar surface area (TPSA) is 114 Å².